The van der Waals surface area contributed by atoms with Crippen LogP contribution in [0.3, 0.4) is 0 Å². The molecule has 2 aliphatic rings. The summed E-state index contributed by atoms with van der Waals surface area (Å²) in [5.41, 5.74) is 0.700. The lowest BCUT2D eigenvalue weighted by Crippen LogP contribution is -2.36. The molecular formula is C13H12BrNO3. The summed E-state index contributed by atoms with van der Waals surface area (Å²) in [6.07, 6.45) is -0.130. The molecule has 5 heteroatoms. The third-order valence-corrected chi connectivity index (χ3v) is 4.04. The first-order valence-corrected chi connectivity index (χ1v) is 6.66. The molecule has 18 heavy (non-hydrogen) atoms. The molecule has 1 aromatic rings. The third-order valence-electron chi connectivity index (χ3n) is 3.55. The average molecular weight is 310 g/mol. The number of rotatable bonds is 3. The number of halogens is 1. The molecule has 3 rings (SSSR count). The van der Waals surface area contributed by atoms with Gasteiger partial charge < -0.3 is 5.11 Å². The third kappa shape index (κ3) is 1.87. The van der Waals surface area contributed by atoms with Crippen molar-refractivity contribution in [1.82, 2.24) is 4.90 Å². The standard InChI is InChI=1S/C13H12BrNO3/c14-8-3-1-2-7(4-8)11(16)6-15-12(17)9-5-10(9)13(15)18/h1-4,9-11,16H,5-6H2. The van der Waals surface area contributed by atoms with Gasteiger partial charge in [0.05, 0.1) is 24.5 Å². The number of imide groups is 1. The number of carbonyl (C=O) groups is 2. The predicted octanol–water partition coefficient (Wildman–Crippen LogP) is 1.49. The van der Waals surface area contributed by atoms with Crippen molar-refractivity contribution in [3.63, 3.8) is 0 Å². The highest BCUT2D eigenvalue weighted by atomic mass is 79.9. The van der Waals surface area contributed by atoms with E-state index in [2.05, 4.69) is 15.9 Å². The highest BCUT2D eigenvalue weighted by molar-refractivity contribution is 9.10. The van der Waals surface area contributed by atoms with Crippen LogP contribution in [0.2, 0.25) is 0 Å². The summed E-state index contributed by atoms with van der Waals surface area (Å²) in [6, 6.07) is 7.24. The minimum absolute atomic E-state index is 0.0567. The SMILES string of the molecule is O=C1C2CC2C(=O)N1CC(O)c1cccc(Br)c1. The first-order valence-electron chi connectivity index (χ1n) is 5.86. The first kappa shape index (κ1) is 11.9. The quantitative estimate of drug-likeness (QED) is 0.861. The van der Waals surface area contributed by atoms with Gasteiger partial charge in [0, 0.05) is 4.47 Å². The van der Waals surface area contributed by atoms with Crippen LogP contribution < -0.4 is 0 Å². The Morgan fingerprint density at radius 3 is 2.61 bits per heavy atom. The topological polar surface area (TPSA) is 57.6 Å². The highest BCUT2D eigenvalue weighted by Gasteiger charge is 2.58. The maximum atomic E-state index is 11.8. The maximum Gasteiger partial charge on any atom is 0.233 e. The number of aliphatic hydroxyl groups excluding tert-OH is 1. The Balaban J connectivity index is 1.73. The molecule has 0 radical (unpaired) electrons. The lowest BCUT2D eigenvalue weighted by Gasteiger charge is -2.20. The number of benzene rings is 1. The van der Waals surface area contributed by atoms with Crippen molar-refractivity contribution in [1.29, 1.82) is 0 Å². The van der Waals surface area contributed by atoms with Crippen LogP contribution in [0.15, 0.2) is 28.7 Å². The van der Waals surface area contributed by atoms with Crippen molar-refractivity contribution in [3.05, 3.63) is 34.3 Å². The minimum atomic E-state index is -0.826. The molecule has 0 bridgehead atoms. The Labute approximate surface area is 113 Å². The summed E-state index contributed by atoms with van der Waals surface area (Å²) >= 11 is 3.32. The Morgan fingerprint density at radius 1 is 1.33 bits per heavy atom. The number of aliphatic hydroxyl groups is 1. The first-order chi connectivity index (χ1) is 8.58. The highest BCUT2D eigenvalue weighted by Crippen LogP contribution is 2.47. The number of amides is 2. The fourth-order valence-electron chi connectivity index (χ4n) is 2.42. The molecule has 2 fully saturated rings. The van der Waals surface area contributed by atoms with Gasteiger partial charge in [0.15, 0.2) is 0 Å². The zero-order valence-electron chi connectivity index (χ0n) is 9.54. The van der Waals surface area contributed by atoms with Crippen molar-refractivity contribution in [3.8, 4) is 0 Å². The molecule has 3 unspecified atom stereocenters. The second kappa shape index (κ2) is 4.17. The molecule has 1 saturated heterocycles. The molecule has 1 aliphatic carbocycles. The molecule has 94 valence electrons. The van der Waals surface area contributed by atoms with Gasteiger partial charge in [-0.25, -0.2) is 0 Å². The van der Waals surface area contributed by atoms with Gasteiger partial charge in [0.1, 0.15) is 0 Å². The van der Waals surface area contributed by atoms with Gasteiger partial charge in [-0.2, -0.15) is 0 Å². The van der Waals surface area contributed by atoms with Crippen molar-refractivity contribution in [2.75, 3.05) is 6.54 Å². The lowest BCUT2D eigenvalue weighted by molar-refractivity contribution is -0.143. The molecular weight excluding hydrogens is 298 g/mol. The van der Waals surface area contributed by atoms with E-state index in [4.69, 9.17) is 0 Å². The second-order valence-electron chi connectivity index (χ2n) is 4.81. The molecule has 4 nitrogen and oxygen atoms in total. The monoisotopic (exact) mass is 309 g/mol. The number of likely N-dealkylation sites (tertiary alicyclic amines) is 1. The molecule has 1 N–H and O–H groups in total. The molecule has 2 amide bonds. The van der Waals surface area contributed by atoms with Gasteiger partial charge in [0.25, 0.3) is 0 Å². The van der Waals surface area contributed by atoms with Crippen LogP contribution in [0.1, 0.15) is 18.1 Å². The van der Waals surface area contributed by atoms with Crippen molar-refractivity contribution >= 4 is 27.7 Å². The molecule has 1 aliphatic heterocycles. The van der Waals surface area contributed by atoms with Crippen molar-refractivity contribution < 1.29 is 14.7 Å². The van der Waals surface area contributed by atoms with E-state index in [0.29, 0.717) is 12.0 Å². The fourth-order valence-corrected chi connectivity index (χ4v) is 2.84. The van der Waals surface area contributed by atoms with Crippen molar-refractivity contribution in [2.45, 2.75) is 12.5 Å². The fraction of sp³-hybridized carbons (Fsp3) is 0.385. The van der Waals surface area contributed by atoms with Crippen LogP contribution in [-0.2, 0) is 9.59 Å². The average Bonchev–Trinajstić information content (AvgIpc) is 3.10. The van der Waals surface area contributed by atoms with Crippen LogP contribution in [0.5, 0.6) is 0 Å². The number of fused-ring (bicyclic) bond motifs is 1. The summed E-state index contributed by atoms with van der Waals surface area (Å²) in [7, 11) is 0. The Bertz CT molecular complexity index is 511. The van der Waals surface area contributed by atoms with E-state index < -0.39 is 6.10 Å². The number of nitrogens with zero attached hydrogens (tertiary/aromatic N) is 1. The zero-order valence-corrected chi connectivity index (χ0v) is 11.1. The molecule has 1 aromatic carbocycles. The Kier molecular flexibility index (Phi) is 2.75. The normalized spacial score (nSPS) is 27.3. The van der Waals surface area contributed by atoms with Crippen LogP contribution >= 0.6 is 15.9 Å². The van der Waals surface area contributed by atoms with Gasteiger partial charge in [0.2, 0.25) is 11.8 Å². The number of piperidine rings is 1. The van der Waals surface area contributed by atoms with E-state index in [1.54, 1.807) is 12.1 Å². The lowest BCUT2D eigenvalue weighted by atomic mass is 10.1. The smallest absolute Gasteiger partial charge is 0.233 e. The van der Waals surface area contributed by atoms with Gasteiger partial charge in [-0.05, 0) is 24.1 Å². The number of β-amino-alcohol motifs (C(OH)–C–C–N with tert-alkyl or cyclic N) is 1. The van der Waals surface area contributed by atoms with Gasteiger partial charge in [-0.1, -0.05) is 28.1 Å². The largest absolute Gasteiger partial charge is 0.387 e. The van der Waals surface area contributed by atoms with Gasteiger partial charge >= 0.3 is 0 Å². The summed E-state index contributed by atoms with van der Waals surface area (Å²) < 4.78 is 0.862. The molecule has 1 heterocycles. The molecule has 0 aromatic heterocycles. The van der Waals surface area contributed by atoms with E-state index >= 15 is 0 Å². The van der Waals surface area contributed by atoms with Gasteiger partial charge in [-0.3, -0.25) is 14.5 Å². The van der Waals surface area contributed by atoms with Crippen LogP contribution in [0, 0.1) is 11.8 Å². The molecule has 1 saturated carbocycles. The van der Waals surface area contributed by atoms with E-state index in [1.165, 1.54) is 4.90 Å². The van der Waals surface area contributed by atoms with E-state index in [-0.39, 0.29) is 30.2 Å². The number of carbonyl (C=O) groups excluding carboxylic acids is 2. The van der Waals surface area contributed by atoms with Crippen LogP contribution in [0.25, 0.3) is 0 Å². The zero-order chi connectivity index (χ0) is 12.9. The minimum Gasteiger partial charge on any atom is -0.387 e. The summed E-state index contributed by atoms with van der Waals surface area (Å²) in [5, 5.41) is 10.1. The number of hydrogen-bond acceptors (Lipinski definition) is 3. The van der Waals surface area contributed by atoms with Crippen LogP contribution in [0.4, 0.5) is 0 Å². The van der Waals surface area contributed by atoms with E-state index in [0.717, 1.165) is 4.47 Å². The summed E-state index contributed by atoms with van der Waals surface area (Å²) in [4.78, 5) is 24.8. The number of hydrogen-bond donors (Lipinski definition) is 1. The summed E-state index contributed by atoms with van der Waals surface area (Å²) in [6.45, 7) is 0.0567. The van der Waals surface area contributed by atoms with Gasteiger partial charge in [-0.15, -0.1) is 0 Å². The predicted molar refractivity (Wildman–Crippen MR) is 67.4 cm³/mol. The Morgan fingerprint density at radius 2 is 2.00 bits per heavy atom. The van der Waals surface area contributed by atoms with E-state index in [9.17, 15) is 14.7 Å². The summed E-state index contributed by atoms with van der Waals surface area (Å²) in [5.74, 6) is -0.461. The molecule has 0 spiro atoms. The maximum absolute atomic E-state index is 11.8. The van der Waals surface area contributed by atoms with Crippen LogP contribution in [-0.4, -0.2) is 28.4 Å². The molecule has 3 atom stereocenters. The second-order valence-corrected chi connectivity index (χ2v) is 5.72. The van der Waals surface area contributed by atoms with Crippen molar-refractivity contribution in [2.24, 2.45) is 11.8 Å². The van der Waals surface area contributed by atoms with E-state index in [1.807, 2.05) is 12.1 Å². The Hall–Kier alpha value is -1.20.